The summed E-state index contributed by atoms with van der Waals surface area (Å²) in [4.78, 5) is 26.1. The Morgan fingerprint density at radius 1 is 1.26 bits per heavy atom. The van der Waals surface area contributed by atoms with Gasteiger partial charge in [0.25, 0.3) is 0 Å². The highest BCUT2D eigenvalue weighted by Crippen LogP contribution is 2.35. The molecule has 0 saturated carbocycles. The van der Waals surface area contributed by atoms with Gasteiger partial charge in [0.2, 0.25) is 5.91 Å². The number of rotatable bonds is 5. The maximum Gasteiger partial charge on any atom is 0.311 e. The van der Waals surface area contributed by atoms with Gasteiger partial charge in [-0.15, -0.1) is 0 Å². The minimum atomic E-state index is -0.269. The number of morpholine rings is 1. The van der Waals surface area contributed by atoms with Crippen LogP contribution in [0.2, 0.25) is 0 Å². The zero-order chi connectivity index (χ0) is 16.1. The van der Waals surface area contributed by atoms with Gasteiger partial charge in [-0.1, -0.05) is 18.2 Å². The van der Waals surface area contributed by atoms with E-state index in [0.717, 1.165) is 38.4 Å². The van der Waals surface area contributed by atoms with Crippen molar-refractivity contribution in [2.24, 2.45) is 0 Å². The number of amides is 1. The predicted octanol–water partition coefficient (Wildman–Crippen LogP) is 0.918. The fourth-order valence-electron chi connectivity index (χ4n) is 3.04. The molecule has 23 heavy (non-hydrogen) atoms. The van der Waals surface area contributed by atoms with E-state index in [-0.39, 0.29) is 24.2 Å². The zero-order valence-corrected chi connectivity index (χ0v) is 13.1. The average molecular weight is 318 g/mol. The maximum absolute atomic E-state index is 12.2. The Labute approximate surface area is 135 Å². The summed E-state index contributed by atoms with van der Waals surface area (Å²) in [5.74, 6) is 0.188. The van der Waals surface area contributed by atoms with Crippen molar-refractivity contribution in [1.29, 1.82) is 0 Å². The molecule has 1 fully saturated rings. The van der Waals surface area contributed by atoms with Crippen molar-refractivity contribution in [3.8, 4) is 5.75 Å². The van der Waals surface area contributed by atoms with Crippen LogP contribution in [0.3, 0.4) is 0 Å². The minimum Gasteiger partial charge on any atom is -0.426 e. The molecule has 124 valence electrons. The van der Waals surface area contributed by atoms with E-state index >= 15 is 0 Å². The first-order valence-corrected chi connectivity index (χ1v) is 8.09. The largest absolute Gasteiger partial charge is 0.426 e. The number of nitrogens with one attached hydrogen (secondary N) is 1. The van der Waals surface area contributed by atoms with Crippen molar-refractivity contribution in [2.45, 2.75) is 18.8 Å². The first kappa shape index (κ1) is 16.0. The van der Waals surface area contributed by atoms with Gasteiger partial charge in [0.15, 0.2) is 0 Å². The van der Waals surface area contributed by atoms with Crippen LogP contribution in [0.15, 0.2) is 24.3 Å². The predicted molar refractivity (Wildman–Crippen MR) is 84.3 cm³/mol. The molecular weight excluding hydrogens is 296 g/mol. The lowest BCUT2D eigenvalue weighted by Crippen LogP contribution is -2.41. The number of esters is 1. The van der Waals surface area contributed by atoms with Crippen LogP contribution in [0.5, 0.6) is 5.75 Å². The summed E-state index contributed by atoms with van der Waals surface area (Å²) in [5, 5.41) is 2.95. The van der Waals surface area contributed by atoms with E-state index in [1.54, 1.807) is 6.07 Å². The summed E-state index contributed by atoms with van der Waals surface area (Å²) < 4.78 is 10.5. The van der Waals surface area contributed by atoms with Crippen LogP contribution in [0.4, 0.5) is 0 Å². The van der Waals surface area contributed by atoms with E-state index in [1.807, 2.05) is 18.2 Å². The number of benzene rings is 1. The van der Waals surface area contributed by atoms with E-state index in [2.05, 4.69) is 10.2 Å². The number of ether oxygens (including phenoxy) is 2. The molecule has 2 aliphatic heterocycles. The molecule has 2 aliphatic rings. The Morgan fingerprint density at radius 2 is 2.04 bits per heavy atom. The highest BCUT2D eigenvalue weighted by atomic mass is 16.5. The van der Waals surface area contributed by atoms with E-state index in [4.69, 9.17) is 9.47 Å². The van der Waals surface area contributed by atoms with Crippen LogP contribution in [0, 0.1) is 0 Å². The van der Waals surface area contributed by atoms with Crippen molar-refractivity contribution in [3.05, 3.63) is 29.8 Å². The van der Waals surface area contributed by atoms with Crippen molar-refractivity contribution < 1.29 is 19.1 Å². The fraction of sp³-hybridized carbons (Fsp3) is 0.529. The molecule has 1 aromatic rings. The van der Waals surface area contributed by atoms with Gasteiger partial charge in [-0.3, -0.25) is 14.5 Å². The SMILES string of the molecule is O=C(CC1CC(=O)Oc2ccccc21)NCCN1CCOCC1. The molecule has 1 N–H and O–H groups in total. The van der Waals surface area contributed by atoms with Gasteiger partial charge in [0.1, 0.15) is 5.75 Å². The molecule has 1 atom stereocenters. The molecule has 2 heterocycles. The quantitative estimate of drug-likeness (QED) is 0.646. The van der Waals surface area contributed by atoms with E-state index in [0.29, 0.717) is 18.7 Å². The van der Waals surface area contributed by atoms with Crippen molar-refractivity contribution in [3.63, 3.8) is 0 Å². The van der Waals surface area contributed by atoms with E-state index < -0.39 is 0 Å². The third kappa shape index (κ3) is 4.30. The molecule has 3 rings (SSSR count). The third-order valence-electron chi connectivity index (χ3n) is 4.28. The summed E-state index contributed by atoms with van der Waals surface area (Å²) in [6.07, 6.45) is 0.573. The van der Waals surface area contributed by atoms with Crippen molar-refractivity contribution >= 4 is 11.9 Å². The Morgan fingerprint density at radius 3 is 2.87 bits per heavy atom. The van der Waals surface area contributed by atoms with Crippen LogP contribution in [0.1, 0.15) is 24.3 Å². The molecule has 0 bridgehead atoms. The standard InChI is InChI=1S/C17H22N2O4/c20-16(18-5-6-19-7-9-22-10-8-19)11-13-12-17(21)23-15-4-2-1-3-14(13)15/h1-4,13H,5-12H2,(H,18,20). The van der Waals surface area contributed by atoms with Crippen molar-refractivity contribution in [1.82, 2.24) is 10.2 Å². The highest BCUT2D eigenvalue weighted by molar-refractivity contribution is 5.81. The monoisotopic (exact) mass is 318 g/mol. The molecule has 1 aromatic carbocycles. The van der Waals surface area contributed by atoms with E-state index in [1.165, 1.54) is 0 Å². The first-order valence-electron chi connectivity index (χ1n) is 8.09. The summed E-state index contributed by atoms with van der Waals surface area (Å²) in [5.41, 5.74) is 0.940. The maximum atomic E-state index is 12.2. The summed E-state index contributed by atoms with van der Waals surface area (Å²) in [7, 11) is 0. The van der Waals surface area contributed by atoms with Gasteiger partial charge in [0.05, 0.1) is 19.6 Å². The van der Waals surface area contributed by atoms with Gasteiger partial charge in [-0.2, -0.15) is 0 Å². The molecule has 1 amide bonds. The summed E-state index contributed by atoms with van der Waals surface area (Å²) >= 11 is 0. The van der Waals surface area contributed by atoms with Gasteiger partial charge < -0.3 is 14.8 Å². The van der Waals surface area contributed by atoms with Crippen LogP contribution in [-0.4, -0.2) is 56.2 Å². The van der Waals surface area contributed by atoms with Gasteiger partial charge >= 0.3 is 5.97 Å². The van der Waals surface area contributed by atoms with Gasteiger partial charge in [-0.05, 0) is 11.6 Å². The molecule has 6 nitrogen and oxygen atoms in total. The minimum absolute atomic E-state index is 0.0206. The van der Waals surface area contributed by atoms with Gasteiger partial charge in [0, 0.05) is 38.5 Å². The average Bonchev–Trinajstić information content (AvgIpc) is 2.55. The lowest BCUT2D eigenvalue weighted by molar-refractivity contribution is -0.136. The van der Waals surface area contributed by atoms with E-state index in [9.17, 15) is 9.59 Å². The molecule has 0 spiro atoms. The van der Waals surface area contributed by atoms with Crippen LogP contribution in [-0.2, 0) is 14.3 Å². The number of carbonyl (C=O) groups excluding carboxylic acids is 2. The molecule has 0 radical (unpaired) electrons. The second-order valence-electron chi connectivity index (χ2n) is 5.92. The Balaban J connectivity index is 1.49. The lowest BCUT2D eigenvalue weighted by atomic mass is 9.90. The summed E-state index contributed by atoms with van der Waals surface area (Å²) in [6.45, 7) is 4.80. The number of hydrogen-bond acceptors (Lipinski definition) is 5. The fourth-order valence-corrected chi connectivity index (χ4v) is 3.04. The highest BCUT2D eigenvalue weighted by Gasteiger charge is 2.28. The molecule has 1 unspecified atom stereocenters. The Hall–Kier alpha value is -1.92. The smallest absolute Gasteiger partial charge is 0.311 e. The normalized spacial score (nSPS) is 21.4. The van der Waals surface area contributed by atoms with Crippen LogP contribution in [0.25, 0.3) is 0 Å². The number of fused-ring (bicyclic) bond motifs is 1. The zero-order valence-electron chi connectivity index (χ0n) is 13.1. The summed E-state index contributed by atoms with van der Waals surface area (Å²) in [6, 6.07) is 7.43. The number of nitrogens with zero attached hydrogens (tertiary/aromatic N) is 1. The molecule has 0 aliphatic carbocycles. The Kier molecular flexibility index (Phi) is 5.25. The first-order chi connectivity index (χ1) is 11.2. The van der Waals surface area contributed by atoms with Crippen LogP contribution < -0.4 is 10.1 Å². The van der Waals surface area contributed by atoms with Gasteiger partial charge in [-0.25, -0.2) is 0 Å². The number of hydrogen-bond donors (Lipinski definition) is 1. The molecule has 6 heteroatoms. The molecular formula is C17H22N2O4. The molecule has 1 saturated heterocycles. The Bertz CT molecular complexity index is 569. The second-order valence-corrected chi connectivity index (χ2v) is 5.92. The number of para-hydroxylation sites is 1. The number of carbonyl (C=O) groups is 2. The van der Waals surface area contributed by atoms with Crippen molar-refractivity contribution in [2.75, 3.05) is 39.4 Å². The lowest BCUT2D eigenvalue weighted by Gasteiger charge is -2.27. The molecule has 0 aromatic heterocycles. The van der Waals surface area contributed by atoms with Crippen LogP contribution >= 0.6 is 0 Å². The topological polar surface area (TPSA) is 67.9 Å². The second kappa shape index (κ2) is 7.57. The third-order valence-corrected chi connectivity index (χ3v) is 4.28.